The first kappa shape index (κ1) is 20.2. The van der Waals surface area contributed by atoms with Crippen molar-refractivity contribution >= 4 is 33.5 Å². The van der Waals surface area contributed by atoms with Crippen molar-refractivity contribution in [2.45, 2.75) is 11.0 Å². The van der Waals surface area contributed by atoms with Crippen LogP contribution in [0.2, 0.25) is 0 Å². The lowest BCUT2D eigenvalue weighted by Crippen LogP contribution is -2.56. The SMILES string of the molecule is O=C(c1ccc(NS(=O)c2cccc3cccnc23)cc1)N1CC(Oc2ccccc2)C1. The summed E-state index contributed by atoms with van der Waals surface area (Å²) in [5.74, 6) is 0.776. The number of fused-ring (bicyclic) bond motifs is 1. The fourth-order valence-corrected chi connectivity index (χ4v) is 4.63. The van der Waals surface area contributed by atoms with Crippen LogP contribution >= 0.6 is 0 Å². The Kier molecular flexibility index (Phi) is 5.56. The lowest BCUT2D eigenvalue weighted by molar-refractivity contribution is 0.0178. The number of pyridine rings is 1. The van der Waals surface area contributed by atoms with Gasteiger partial charge in [0.2, 0.25) is 0 Å². The number of amides is 1. The number of nitrogens with one attached hydrogen (secondary N) is 1. The average molecular weight is 444 g/mol. The van der Waals surface area contributed by atoms with Crippen LogP contribution in [0.25, 0.3) is 10.9 Å². The summed E-state index contributed by atoms with van der Waals surface area (Å²) < 4.78 is 21.7. The summed E-state index contributed by atoms with van der Waals surface area (Å²) in [6, 6.07) is 26.0. The van der Waals surface area contributed by atoms with E-state index < -0.39 is 11.0 Å². The minimum absolute atomic E-state index is 0.0130. The van der Waals surface area contributed by atoms with Gasteiger partial charge in [0.1, 0.15) is 11.9 Å². The lowest BCUT2D eigenvalue weighted by atomic mass is 10.1. The predicted octanol–water partition coefficient (Wildman–Crippen LogP) is 4.27. The molecule has 32 heavy (non-hydrogen) atoms. The Balaban J connectivity index is 1.20. The molecule has 2 heterocycles. The third kappa shape index (κ3) is 4.20. The molecule has 0 bridgehead atoms. The minimum Gasteiger partial charge on any atom is -0.487 e. The van der Waals surface area contributed by atoms with Crippen molar-refractivity contribution in [2.24, 2.45) is 0 Å². The van der Waals surface area contributed by atoms with Crippen molar-refractivity contribution in [1.82, 2.24) is 9.88 Å². The van der Waals surface area contributed by atoms with E-state index >= 15 is 0 Å². The first-order valence-corrected chi connectivity index (χ1v) is 11.5. The summed E-state index contributed by atoms with van der Waals surface area (Å²) in [6.45, 7) is 1.12. The summed E-state index contributed by atoms with van der Waals surface area (Å²) >= 11 is 0. The van der Waals surface area contributed by atoms with Gasteiger partial charge in [-0.1, -0.05) is 36.4 Å². The van der Waals surface area contributed by atoms with Gasteiger partial charge in [-0.05, 0) is 48.5 Å². The Hall–Kier alpha value is -3.71. The van der Waals surface area contributed by atoms with E-state index in [9.17, 15) is 9.00 Å². The number of likely N-dealkylation sites (tertiary alicyclic amines) is 1. The van der Waals surface area contributed by atoms with E-state index in [4.69, 9.17) is 4.74 Å². The molecule has 1 unspecified atom stereocenters. The Labute approximate surface area is 188 Å². The van der Waals surface area contributed by atoms with Crippen LogP contribution in [0.1, 0.15) is 10.4 Å². The lowest BCUT2D eigenvalue weighted by Gasteiger charge is -2.39. The van der Waals surface area contributed by atoms with Crippen molar-refractivity contribution in [2.75, 3.05) is 17.8 Å². The Morgan fingerprint density at radius 3 is 2.47 bits per heavy atom. The smallest absolute Gasteiger partial charge is 0.254 e. The maximum absolute atomic E-state index is 12.9. The van der Waals surface area contributed by atoms with Gasteiger partial charge < -0.3 is 14.4 Å². The Bertz CT molecular complexity index is 1270. The Morgan fingerprint density at radius 1 is 0.938 bits per heavy atom. The van der Waals surface area contributed by atoms with Crippen LogP contribution < -0.4 is 9.46 Å². The molecule has 5 rings (SSSR count). The van der Waals surface area contributed by atoms with Crippen LogP contribution in [0.15, 0.2) is 96.0 Å². The standard InChI is InChI=1S/C25H21N3O3S/c29-25(28-16-22(17-28)31-21-8-2-1-3-9-21)19-11-13-20(14-12-19)27-32(30)23-10-4-6-18-7-5-15-26-24(18)23/h1-15,22,27H,16-17H2. The number of nitrogens with zero attached hydrogens (tertiary/aromatic N) is 2. The minimum atomic E-state index is -1.47. The summed E-state index contributed by atoms with van der Waals surface area (Å²) in [4.78, 5) is 19.4. The molecule has 0 saturated carbocycles. The van der Waals surface area contributed by atoms with Crippen LogP contribution in [0.5, 0.6) is 5.75 Å². The first-order chi connectivity index (χ1) is 15.7. The van der Waals surface area contributed by atoms with Gasteiger partial charge in [-0.25, -0.2) is 4.21 Å². The highest BCUT2D eigenvalue weighted by atomic mass is 32.2. The predicted molar refractivity (Wildman–Crippen MR) is 125 cm³/mol. The van der Waals surface area contributed by atoms with Gasteiger partial charge in [-0.2, -0.15) is 0 Å². The van der Waals surface area contributed by atoms with E-state index in [0.717, 1.165) is 11.1 Å². The second-order valence-electron chi connectivity index (χ2n) is 7.54. The van der Waals surface area contributed by atoms with Crippen molar-refractivity contribution < 1.29 is 13.7 Å². The van der Waals surface area contributed by atoms with Gasteiger partial charge in [-0.3, -0.25) is 9.78 Å². The molecule has 0 radical (unpaired) electrons. The highest BCUT2D eigenvalue weighted by molar-refractivity contribution is 7.86. The summed E-state index contributed by atoms with van der Waals surface area (Å²) in [5, 5.41) is 0.935. The van der Waals surface area contributed by atoms with E-state index in [-0.39, 0.29) is 12.0 Å². The van der Waals surface area contributed by atoms with Crippen LogP contribution in [-0.4, -0.2) is 39.2 Å². The fraction of sp³-hybridized carbons (Fsp3) is 0.120. The second-order valence-corrected chi connectivity index (χ2v) is 8.72. The van der Waals surface area contributed by atoms with Gasteiger partial charge in [0.05, 0.1) is 23.5 Å². The van der Waals surface area contributed by atoms with Crippen molar-refractivity contribution in [3.63, 3.8) is 0 Å². The molecule has 1 aromatic heterocycles. The number of rotatable bonds is 6. The van der Waals surface area contributed by atoms with E-state index in [1.54, 1.807) is 41.4 Å². The number of benzene rings is 3. The molecule has 3 aromatic carbocycles. The molecule has 1 atom stereocenters. The van der Waals surface area contributed by atoms with Gasteiger partial charge >= 0.3 is 0 Å². The zero-order chi connectivity index (χ0) is 21.9. The number of hydrogen-bond donors (Lipinski definition) is 1. The number of ether oxygens (including phenoxy) is 1. The molecule has 1 amide bonds. The van der Waals surface area contributed by atoms with E-state index in [0.29, 0.717) is 34.8 Å². The maximum Gasteiger partial charge on any atom is 0.254 e. The maximum atomic E-state index is 12.9. The molecule has 160 valence electrons. The van der Waals surface area contributed by atoms with Crippen LogP contribution in [0.4, 0.5) is 5.69 Å². The zero-order valence-electron chi connectivity index (χ0n) is 17.2. The number of anilines is 1. The molecule has 1 N–H and O–H groups in total. The Morgan fingerprint density at radius 2 is 1.69 bits per heavy atom. The number of hydrogen-bond acceptors (Lipinski definition) is 4. The normalized spacial score (nSPS) is 14.6. The van der Waals surface area contributed by atoms with Gasteiger partial charge in [-0.15, -0.1) is 0 Å². The third-order valence-electron chi connectivity index (χ3n) is 5.32. The van der Waals surface area contributed by atoms with Gasteiger partial charge in [0, 0.05) is 22.8 Å². The van der Waals surface area contributed by atoms with Crippen molar-refractivity contribution in [1.29, 1.82) is 0 Å². The number of carbonyl (C=O) groups excluding carboxylic acids is 1. The average Bonchev–Trinajstić information content (AvgIpc) is 2.81. The zero-order valence-corrected chi connectivity index (χ0v) is 18.0. The summed E-state index contributed by atoms with van der Waals surface area (Å²) in [6.07, 6.45) is 1.70. The molecular weight excluding hydrogens is 422 g/mol. The fourth-order valence-electron chi connectivity index (χ4n) is 3.62. The summed E-state index contributed by atoms with van der Waals surface area (Å²) in [7, 11) is -1.47. The number of aromatic nitrogens is 1. The molecule has 1 aliphatic rings. The second kappa shape index (κ2) is 8.80. The third-order valence-corrected chi connectivity index (χ3v) is 6.47. The van der Waals surface area contributed by atoms with Crippen molar-refractivity contribution in [3.8, 4) is 5.75 Å². The van der Waals surface area contributed by atoms with Crippen LogP contribution in [0, 0.1) is 0 Å². The van der Waals surface area contributed by atoms with Gasteiger partial charge in [0.25, 0.3) is 5.91 Å². The van der Waals surface area contributed by atoms with Crippen LogP contribution in [0.3, 0.4) is 0 Å². The van der Waals surface area contributed by atoms with Crippen molar-refractivity contribution in [3.05, 3.63) is 96.7 Å². The number of para-hydroxylation sites is 2. The van der Waals surface area contributed by atoms with Gasteiger partial charge in [0.15, 0.2) is 11.0 Å². The molecular formula is C25H21N3O3S. The van der Waals surface area contributed by atoms with E-state index in [1.807, 2.05) is 54.6 Å². The monoisotopic (exact) mass is 443 g/mol. The molecule has 7 heteroatoms. The van der Waals surface area contributed by atoms with Crippen LogP contribution in [-0.2, 0) is 11.0 Å². The molecule has 1 aliphatic heterocycles. The molecule has 0 spiro atoms. The quantitative estimate of drug-likeness (QED) is 0.483. The van der Waals surface area contributed by atoms with E-state index in [1.165, 1.54) is 0 Å². The first-order valence-electron chi connectivity index (χ1n) is 10.3. The number of carbonyl (C=O) groups is 1. The molecule has 4 aromatic rings. The van der Waals surface area contributed by atoms with E-state index in [2.05, 4.69) is 9.71 Å². The summed E-state index contributed by atoms with van der Waals surface area (Å²) in [5.41, 5.74) is 1.96. The molecule has 6 nitrogen and oxygen atoms in total. The molecule has 1 fully saturated rings. The largest absolute Gasteiger partial charge is 0.487 e. The highest BCUT2D eigenvalue weighted by Crippen LogP contribution is 2.23. The molecule has 1 saturated heterocycles. The highest BCUT2D eigenvalue weighted by Gasteiger charge is 2.32. The topological polar surface area (TPSA) is 71.5 Å². The molecule has 0 aliphatic carbocycles.